The van der Waals surface area contributed by atoms with E-state index in [4.69, 9.17) is 0 Å². The largest absolute Gasteiger partial charge is 0.352 e. The monoisotopic (exact) mass is 437 g/mol. The summed E-state index contributed by atoms with van der Waals surface area (Å²) in [5.41, 5.74) is 1.89. The zero-order chi connectivity index (χ0) is 23.1. The summed E-state index contributed by atoms with van der Waals surface area (Å²) in [6, 6.07) is 14.0. The SMILES string of the molecule is CC[C@H](C)N(CC(=O)N1CCN(c2ccc(-c3ccccc3)nn2)CC1)C(=O)CC(C)C. The van der Waals surface area contributed by atoms with E-state index in [1.165, 1.54) is 0 Å². The number of rotatable bonds is 8. The highest BCUT2D eigenvalue weighted by Crippen LogP contribution is 2.19. The Kier molecular flexibility index (Phi) is 8.20. The van der Waals surface area contributed by atoms with E-state index in [2.05, 4.69) is 15.1 Å². The summed E-state index contributed by atoms with van der Waals surface area (Å²) in [6.07, 6.45) is 1.31. The zero-order valence-electron chi connectivity index (χ0n) is 19.7. The number of piperazine rings is 1. The van der Waals surface area contributed by atoms with Crippen LogP contribution in [0.4, 0.5) is 5.82 Å². The fourth-order valence-electron chi connectivity index (χ4n) is 3.86. The molecule has 0 saturated carbocycles. The van der Waals surface area contributed by atoms with Crippen LogP contribution in [0.25, 0.3) is 11.3 Å². The molecule has 0 bridgehead atoms. The maximum atomic E-state index is 12.9. The smallest absolute Gasteiger partial charge is 0.242 e. The molecule has 1 aliphatic heterocycles. The molecule has 32 heavy (non-hydrogen) atoms. The number of hydrogen-bond donors (Lipinski definition) is 0. The third kappa shape index (κ3) is 6.05. The number of anilines is 1. The van der Waals surface area contributed by atoms with Crippen molar-refractivity contribution in [2.75, 3.05) is 37.6 Å². The van der Waals surface area contributed by atoms with Crippen molar-refractivity contribution in [1.82, 2.24) is 20.0 Å². The molecule has 1 atom stereocenters. The van der Waals surface area contributed by atoms with Gasteiger partial charge in [0.2, 0.25) is 11.8 Å². The number of amides is 2. The van der Waals surface area contributed by atoms with Crippen LogP contribution in [0.1, 0.15) is 40.5 Å². The molecule has 1 aromatic heterocycles. The van der Waals surface area contributed by atoms with Gasteiger partial charge >= 0.3 is 0 Å². The number of hydrogen-bond acceptors (Lipinski definition) is 5. The van der Waals surface area contributed by atoms with Crippen molar-refractivity contribution in [1.29, 1.82) is 0 Å². The van der Waals surface area contributed by atoms with Gasteiger partial charge in [-0.25, -0.2) is 0 Å². The van der Waals surface area contributed by atoms with E-state index in [-0.39, 0.29) is 30.3 Å². The van der Waals surface area contributed by atoms with Crippen LogP contribution >= 0.6 is 0 Å². The molecule has 0 unspecified atom stereocenters. The molecular weight excluding hydrogens is 402 g/mol. The highest BCUT2D eigenvalue weighted by Gasteiger charge is 2.27. The van der Waals surface area contributed by atoms with Gasteiger partial charge in [-0.3, -0.25) is 9.59 Å². The highest BCUT2D eigenvalue weighted by molar-refractivity contribution is 5.85. The molecule has 7 heteroatoms. The van der Waals surface area contributed by atoms with Gasteiger partial charge in [-0.2, -0.15) is 0 Å². The fourth-order valence-corrected chi connectivity index (χ4v) is 3.86. The van der Waals surface area contributed by atoms with E-state index < -0.39 is 0 Å². The molecule has 2 aromatic rings. The van der Waals surface area contributed by atoms with Crippen molar-refractivity contribution < 1.29 is 9.59 Å². The minimum absolute atomic E-state index is 0.0209. The number of carbonyl (C=O) groups is 2. The summed E-state index contributed by atoms with van der Waals surface area (Å²) in [5.74, 6) is 1.19. The predicted molar refractivity (Wildman–Crippen MR) is 127 cm³/mol. The summed E-state index contributed by atoms with van der Waals surface area (Å²) in [4.78, 5) is 31.4. The van der Waals surface area contributed by atoms with Gasteiger partial charge in [-0.15, -0.1) is 10.2 Å². The normalized spacial score (nSPS) is 15.0. The minimum atomic E-state index is 0.0209. The third-order valence-electron chi connectivity index (χ3n) is 6.01. The van der Waals surface area contributed by atoms with E-state index in [1.807, 2.05) is 75.1 Å². The lowest BCUT2D eigenvalue weighted by Crippen LogP contribution is -2.53. The quantitative estimate of drug-likeness (QED) is 0.633. The molecule has 2 heterocycles. The molecule has 1 fully saturated rings. The van der Waals surface area contributed by atoms with E-state index in [1.54, 1.807) is 4.90 Å². The Morgan fingerprint density at radius 2 is 1.66 bits per heavy atom. The first-order valence-corrected chi connectivity index (χ1v) is 11.6. The van der Waals surface area contributed by atoms with E-state index in [0.29, 0.717) is 32.6 Å². The van der Waals surface area contributed by atoms with Gasteiger partial charge in [0.05, 0.1) is 12.2 Å². The maximum absolute atomic E-state index is 12.9. The topological polar surface area (TPSA) is 69.6 Å². The van der Waals surface area contributed by atoms with Crippen molar-refractivity contribution in [2.45, 2.75) is 46.6 Å². The molecular formula is C25H35N5O2. The molecule has 1 aromatic carbocycles. The van der Waals surface area contributed by atoms with Crippen LogP contribution in [0.3, 0.4) is 0 Å². The Morgan fingerprint density at radius 1 is 0.969 bits per heavy atom. The average Bonchev–Trinajstić information content (AvgIpc) is 2.82. The van der Waals surface area contributed by atoms with Gasteiger partial charge in [0.15, 0.2) is 5.82 Å². The Hall–Kier alpha value is -2.96. The second-order valence-electron chi connectivity index (χ2n) is 8.89. The summed E-state index contributed by atoms with van der Waals surface area (Å²) in [6.45, 7) is 10.9. The predicted octanol–water partition coefficient (Wildman–Crippen LogP) is 3.47. The summed E-state index contributed by atoms with van der Waals surface area (Å²) >= 11 is 0. The van der Waals surface area contributed by atoms with Crippen LogP contribution in [0.5, 0.6) is 0 Å². The maximum Gasteiger partial charge on any atom is 0.242 e. The molecule has 2 amide bonds. The number of aromatic nitrogens is 2. The Morgan fingerprint density at radius 3 is 2.22 bits per heavy atom. The molecule has 0 N–H and O–H groups in total. The van der Waals surface area contributed by atoms with Crippen molar-refractivity contribution in [3.63, 3.8) is 0 Å². The first kappa shape index (κ1) is 23.7. The first-order valence-electron chi connectivity index (χ1n) is 11.6. The van der Waals surface area contributed by atoms with E-state index >= 15 is 0 Å². The standard InChI is InChI=1S/C25H35N5O2/c1-5-20(4)30(24(31)17-19(2)3)18-25(32)29-15-13-28(14-16-29)23-12-11-22(26-27-23)21-9-7-6-8-10-21/h6-12,19-20H,5,13-18H2,1-4H3/t20-/m0/s1. The van der Waals surface area contributed by atoms with Crippen LogP contribution in [0.2, 0.25) is 0 Å². The number of carbonyl (C=O) groups excluding carboxylic acids is 2. The molecule has 0 radical (unpaired) electrons. The van der Waals surface area contributed by atoms with Gasteiger partial charge in [0, 0.05) is 44.2 Å². The van der Waals surface area contributed by atoms with Crippen LogP contribution in [0.15, 0.2) is 42.5 Å². The summed E-state index contributed by atoms with van der Waals surface area (Å²) in [5, 5.41) is 8.77. The van der Waals surface area contributed by atoms with Gasteiger partial charge in [-0.05, 0) is 31.4 Å². The van der Waals surface area contributed by atoms with Crippen LogP contribution in [-0.4, -0.2) is 70.6 Å². The highest BCUT2D eigenvalue weighted by atomic mass is 16.2. The molecule has 0 spiro atoms. The van der Waals surface area contributed by atoms with Crippen molar-refractivity contribution in [2.24, 2.45) is 5.92 Å². The molecule has 7 nitrogen and oxygen atoms in total. The molecule has 1 aliphatic rings. The minimum Gasteiger partial charge on any atom is -0.352 e. The average molecular weight is 438 g/mol. The van der Waals surface area contributed by atoms with Crippen molar-refractivity contribution in [3.8, 4) is 11.3 Å². The van der Waals surface area contributed by atoms with Crippen LogP contribution in [0, 0.1) is 5.92 Å². The Balaban J connectivity index is 1.56. The molecule has 172 valence electrons. The zero-order valence-corrected chi connectivity index (χ0v) is 19.7. The van der Waals surface area contributed by atoms with Gasteiger partial charge in [0.25, 0.3) is 0 Å². The molecule has 3 rings (SSSR count). The van der Waals surface area contributed by atoms with Gasteiger partial charge in [0.1, 0.15) is 0 Å². The summed E-state index contributed by atoms with van der Waals surface area (Å²) in [7, 11) is 0. The molecule has 1 saturated heterocycles. The van der Waals surface area contributed by atoms with Crippen LogP contribution in [-0.2, 0) is 9.59 Å². The number of benzene rings is 1. The lowest BCUT2D eigenvalue weighted by atomic mass is 10.1. The Labute approximate surface area is 191 Å². The molecule has 0 aliphatic carbocycles. The van der Waals surface area contributed by atoms with Crippen molar-refractivity contribution in [3.05, 3.63) is 42.5 Å². The second kappa shape index (κ2) is 11.1. The third-order valence-corrected chi connectivity index (χ3v) is 6.01. The van der Waals surface area contributed by atoms with Crippen LogP contribution < -0.4 is 4.90 Å². The lowest BCUT2D eigenvalue weighted by molar-refractivity contribution is -0.143. The lowest BCUT2D eigenvalue weighted by Gasteiger charge is -2.37. The number of nitrogens with zero attached hydrogens (tertiary/aromatic N) is 5. The van der Waals surface area contributed by atoms with Gasteiger partial charge < -0.3 is 14.7 Å². The first-order chi connectivity index (χ1) is 15.4. The van der Waals surface area contributed by atoms with E-state index in [9.17, 15) is 9.59 Å². The van der Waals surface area contributed by atoms with E-state index in [0.717, 1.165) is 23.5 Å². The summed E-state index contributed by atoms with van der Waals surface area (Å²) < 4.78 is 0. The van der Waals surface area contributed by atoms with Gasteiger partial charge in [-0.1, -0.05) is 51.1 Å². The fraction of sp³-hybridized carbons (Fsp3) is 0.520. The Bertz CT molecular complexity index is 877. The van der Waals surface area contributed by atoms with Crippen molar-refractivity contribution >= 4 is 17.6 Å². The second-order valence-corrected chi connectivity index (χ2v) is 8.89.